The van der Waals surface area contributed by atoms with Gasteiger partial charge in [0.1, 0.15) is 5.82 Å². The molecule has 1 aliphatic heterocycles. The third-order valence-corrected chi connectivity index (χ3v) is 6.75. The first-order chi connectivity index (χ1) is 17.8. The van der Waals surface area contributed by atoms with E-state index in [9.17, 15) is 9.59 Å². The number of pyridine rings is 1. The first-order valence-electron chi connectivity index (χ1n) is 12.9. The highest BCUT2D eigenvalue weighted by molar-refractivity contribution is 6.46. The van der Waals surface area contributed by atoms with Gasteiger partial charge in [-0.3, -0.25) is 9.59 Å². The lowest BCUT2D eigenvalue weighted by molar-refractivity contribution is -0.112. The van der Waals surface area contributed by atoms with Crippen molar-refractivity contribution < 1.29 is 14.3 Å². The van der Waals surface area contributed by atoms with Crippen molar-refractivity contribution in [2.75, 3.05) is 55.0 Å². The van der Waals surface area contributed by atoms with Crippen LogP contribution in [0.4, 0.5) is 17.2 Å². The molecule has 8 nitrogen and oxygen atoms in total. The van der Waals surface area contributed by atoms with Crippen molar-refractivity contribution in [3.8, 4) is 0 Å². The molecular formula is C29H37N5O3. The summed E-state index contributed by atoms with van der Waals surface area (Å²) >= 11 is 0. The molecule has 4 rings (SSSR count). The Morgan fingerprint density at radius 3 is 2.30 bits per heavy atom. The molecule has 3 aromatic rings. The number of nitrogens with zero attached hydrogens (tertiary/aromatic N) is 4. The highest BCUT2D eigenvalue weighted by Gasteiger charge is 2.25. The Labute approximate surface area is 219 Å². The summed E-state index contributed by atoms with van der Waals surface area (Å²) in [7, 11) is 1.62. The SMILES string of the molecule is COCCn1ccc(C(C)C)c1C(=O)C(=O)Nc1ccc(N2CCN(c3cc(C)cc(C)n3)CC2)cc1. The smallest absolute Gasteiger partial charge is 0.298 e. The van der Waals surface area contributed by atoms with Crippen LogP contribution in [0, 0.1) is 13.8 Å². The Bertz CT molecular complexity index is 1220. The number of benzene rings is 1. The fraction of sp³-hybridized carbons (Fsp3) is 0.414. The number of aryl methyl sites for hydroxylation is 2. The van der Waals surface area contributed by atoms with Crippen LogP contribution in [0.3, 0.4) is 0 Å². The van der Waals surface area contributed by atoms with Gasteiger partial charge in [-0.2, -0.15) is 0 Å². The summed E-state index contributed by atoms with van der Waals surface area (Å²) in [5, 5.41) is 2.78. The third-order valence-electron chi connectivity index (χ3n) is 6.75. The predicted octanol–water partition coefficient (Wildman–Crippen LogP) is 4.42. The van der Waals surface area contributed by atoms with Crippen LogP contribution in [0.25, 0.3) is 0 Å². The molecular weight excluding hydrogens is 466 g/mol. The molecule has 0 aliphatic carbocycles. The summed E-state index contributed by atoms with van der Waals surface area (Å²) in [5.74, 6) is -0.0125. The minimum absolute atomic E-state index is 0.126. The summed E-state index contributed by atoms with van der Waals surface area (Å²) < 4.78 is 6.97. The van der Waals surface area contributed by atoms with Crippen LogP contribution in [0.5, 0.6) is 0 Å². The molecule has 2 aromatic heterocycles. The molecule has 0 atom stereocenters. The highest BCUT2D eigenvalue weighted by atomic mass is 16.5. The van der Waals surface area contributed by atoms with Crippen molar-refractivity contribution in [1.29, 1.82) is 0 Å². The van der Waals surface area contributed by atoms with E-state index in [1.54, 1.807) is 11.7 Å². The number of carbonyl (C=O) groups excluding carboxylic acids is 2. The van der Waals surface area contributed by atoms with Gasteiger partial charge in [0.2, 0.25) is 0 Å². The molecule has 0 radical (unpaired) electrons. The molecule has 0 unspecified atom stereocenters. The van der Waals surface area contributed by atoms with E-state index in [4.69, 9.17) is 9.72 Å². The molecule has 0 bridgehead atoms. The van der Waals surface area contributed by atoms with Crippen LogP contribution >= 0.6 is 0 Å². The lowest BCUT2D eigenvalue weighted by Gasteiger charge is -2.37. The fourth-order valence-electron chi connectivity index (χ4n) is 4.82. The van der Waals surface area contributed by atoms with Gasteiger partial charge < -0.3 is 24.4 Å². The van der Waals surface area contributed by atoms with Gasteiger partial charge in [-0.05, 0) is 73.4 Å². The van der Waals surface area contributed by atoms with Gasteiger partial charge in [0, 0.05) is 63.1 Å². The van der Waals surface area contributed by atoms with E-state index in [1.807, 2.05) is 57.3 Å². The molecule has 37 heavy (non-hydrogen) atoms. The van der Waals surface area contributed by atoms with E-state index in [-0.39, 0.29) is 5.92 Å². The zero-order chi connectivity index (χ0) is 26.5. The molecule has 8 heteroatoms. The van der Waals surface area contributed by atoms with Crippen LogP contribution < -0.4 is 15.1 Å². The number of piperazine rings is 1. The minimum Gasteiger partial charge on any atom is -0.383 e. The molecule has 1 aromatic carbocycles. The summed E-state index contributed by atoms with van der Waals surface area (Å²) in [6, 6.07) is 13.8. The number of nitrogens with one attached hydrogen (secondary N) is 1. The number of hydrogen-bond donors (Lipinski definition) is 1. The maximum absolute atomic E-state index is 13.1. The molecule has 1 aliphatic rings. The monoisotopic (exact) mass is 503 g/mol. The van der Waals surface area contributed by atoms with Gasteiger partial charge in [-0.1, -0.05) is 13.8 Å². The maximum atomic E-state index is 13.1. The number of rotatable bonds is 9. The average Bonchev–Trinajstić information content (AvgIpc) is 3.31. The molecule has 0 saturated carbocycles. The molecule has 1 N–H and O–H groups in total. The number of aromatic nitrogens is 2. The largest absolute Gasteiger partial charge is 0.383 e. The van der Waals surface area contributed by atoms with Gasteiger partial charge >= 0.3 is 0 Å². The molecule has 3 heterocycles. The summed E-state index contributed by atoms with van der Waals surface area (Å²) in [5.41, 5.74) is 5.25. The van der Waals surface area contributed by atoms with Crippen molar-refractivity contribution in [3.63, 3.8) is 0 Å². The second kappa shape index (κ2) is 11.6. The zero-order valence-electron chi connectivity index (χ0n) is 22.5. The first-order valence-corrected chi connectivity index (χ1v) is 12.9. The number of ether oxygens (including phenoxy) is 1. The summed E-state index contributed by atoms with van der Waals surface area (Å²) in [6.45, 7) is 12.7. The van der Waals surface area contributed by atoms with Crippen molar-refractivity contribution >= 4 is 28.9 Å². The van der Waals surface area contributed by atoms with Crippen LogP contribution in [0.1, 0.15) is 47.1 Å². The van der Waals surface area contributed by atoms with Gasteiger partial charge in [-0.25, -0.2) is 4.98 Å². The molecule has 1 saturated heterocycles. The zero-order valence-corrected chi connectivity index (χ0v) is 22.5. The number of amides is 1. The van der Waals surface area contributed by atoms with Crippen LogP contribution in [-0.2, 0) is 16.1 Å². The Hall–Kier alpha value is -3.65. The van der Waals surface area contributed by atoms with E-state index >= 15 is 0 Å². The summed E-state index contributed by atoms with van der Waals surface area (Å²) in [4.78, 5) is 35.4. The standard InChI is InChI=1S/C29H37N5O3/c1-20(2)25-10-11-34(16-17-37-5)27(25)28(35)29(36)31-23-6-8-24(9-7-23)32-12-14-33(15-13-32)26-19-21(3)18-22(4)30-26/h6-11,18-20H,12-17H2,1-5H3,(H,31,36). The van der Waals surface area contributed by atoms with Gasteiger partial charge in [0.15, 0.2) is 0 Å². The van der Waals surface area contributed by atoms with Crippen LogP contribution in [-0.4, -0.2) is 61.1 Å². The van der Waals surface area contributed by atoms with Crippen molar-refractivity contribution in [1.82, 2.24) is 9.55 Å². The van der Waals surface area contributed by atoms with Crippen molar-refractivity contribution in [2.24, 2.45) is 0 Å². The van der Waals surface area contributed by atoms with Crippen LogP contribution in [0.2, 0.25) is 0 Å². The Morgan fingerprint density at radius 2 is 1.68 bits per heavy atom. The van der Waals surface area contributed by atoms with Crippen molar-refractivity contribution in [3.05, 3.63) is 71.2 Å². The average molecular weight is 504 g/mol. The number of ketones is 1. The number of hydrogen-bond acceptors (Lipinski definition) is 6. The van der Waals surface area contributed by atoms with E-state index < -0.39 is 11.7 Å². The predicted molar refractivity (Wildman–Crippen MR) is 148 cm³/mol. The number of Topliss-reactive ketones (excluding diaryl/α,β-unsaturated/α-hetero) is 1. The Kier molecular flexibility index (Phi) is 8.28. The Morgan fingerprint density at radius 1 is 1.00 bits per heavy atom. The van der Waals surface area contributed by atoms with E-state index in [1.165, 1.54) is 5.56 Å². The van der Waals surface area contributed by atoms with Gasteiger partial charge in [0.05, 0.1) is 12.3 Å². The minimum atomic E-state index is -0.637. The van der Waals surface area contributed by atoms with Crippen molar-refractivity contribution in [2.45, 2.75) is 40.2 Å². The fourth-order valence-corrected chi connectivity index (χ4v) is 4.82. The normalized spacial score (nSPS) is 13.8. The second-order valence-corrected chi connectivity index (χ2v) is 9.91. The second-order valence-electron chi connectivity index (χ2n) is 9.91. The maximum Gasteiger partial charge on any atom is 0.298 e. The number of carbonyl (C=O) groups is 2. The van der Waals surface area contributed by atoms with Crippen LogP contribution in [0.15, 0.2) is 48.7 Å². The topological polar surface area (TPSA) is 79.7 Å². The third kappa shape index (κ3) is 6.20. The Balaban J connectivity index is 1.38. The lowest BCUT2D eigenvalue weighted by atomic mass is 10.0. The molecule has 1 amide bonds. The van der Waals surface area contributed by atoms with E-state index in [0.29, 0.717) is 24.5 Å². The molecule has 1 fully saturated rings. The number of methoxy groups -OCH3 is 1. The molecule has 0 spiro atoms. The quantitative estimate of drug-likeness (QED) is 0.344. The van der Waals surface area contributed by atoms with Gasteiger partial charge in [-0.15, -0.1) is 0 Å². The highest BCUT2D eigenvalue weighted by Crippen LogP contribution is 2.24. The summed E-state index contributed by atoms with van der Waals surface area (Å²) in [6.07, 6.45) is 1.85. The number of anilines is 3. The van der Waals surface area contributed by atoms with Gasteiger partial charge in [0.25, 0.3) is 11.7 Å². The first kappa shape index (κ1) is 26.4. The lowest BCUT2D eigenvalue weighted by Crippen LogP contribution is -2.46. The van der Waals surface area contributed by atoms with E-state index in [0.717, 1.165) is 48.9 Å². The molecule has 196 valence electrons. The van der Waals surface area contributed by atoms with E-state index in [2.05, 4.69) is 34.2 Å².